The Morgan fingerprint density at radius 1 is 1.35 bits per heavy atom. The zero-order valence-corrected chi connectivity index (χ0v) is 12.1. The van der Waals surface area contributed by atoms with Gasteiger partial charge >= 0.3 is 0 Å². The van der Waals surface area contributed by atoms with Crippen LogP contribution in [0.1, 0.15) is 24.7 Å². The molecule has 3 N–H and O–H groups in total. The minimum Gasteiger partial charge on any atom is -0.383 e. The van der Waals surface area contributed by atoms with Crippen molar-refractivity contribution in [3.63, 3.8) is 0 Å². The van der Waals surface area contributed by atoms with E-state index in [0.717, 1.165) is 18.4 Å². The molecule has 0 spiro atoms. The molecule has 2 aromatic rings. The molecular formula is C14H16ClFN4. The first-order valence-electron chi connectivity index (χ1n) is 6.36. The van der Waals surface area contributed by atoms with E-state index in [-0.39, 0.29) is 5.82 Å². The molecule has 1 aromatic carbocycles. The van der Waals surface area contributed by atoms with Gasteiger partial charge in [-0.2, -0.15) is 0 Å². The van der Waals surface area contributed by atoms with Crippen LogP contribution in [0, 0.1) is 12.7 Å². The van der Waals surface area contributed by atoms with Gasteiger partial charge in [-0.15, -0.1) is 0 Å². The summed E-state index contributed by atoms with van der Waals surface area (Å²) in [6.07, 6.45) is 1.68. The molecule has 0 aliphatic carbocycles. The molecule has 0 amide bonds. The standard InChI is InChI=1S/C14H16ClFN4/c1-3-4-12-19-13(17)8(2)14(20-12)18-11-6-5-9(16)7-10(11)15/h5-7H,3-4H2,1-2H3,(H3,17,18,19,20). The molecule has 0 fully saturated rings. The number of nitrogens with one attached hydrogen (secondary N) is 1. The second-order valence-electron chi connectivity index (χ2n) is 4.50. The maximum Gasteiger partial charge on any atom is 0.139 e. The number of aromatic nitrogens is 2. The number of rotatable bonds is 4. The van der Waals surface area contributed by atoms with Crippen molar-refractivity contribution < 1.29 is 4.39 Å². The van der Waals surface area contributed by atoms with Crippen molar-refractivity contribution in [1.82, 2.24) is 9.97 Å². The predicted molar refractivity (Wildman–Crippen MR) is 79.9 cm³/mol. The summed E-state index contributed by atoms with van der Waals surface area (Å²) in [6.45, 7) is 3.87. The van der Waals surface area contributed by atoms with Gasteiger partial charge in [0.2, 0.25) is 0 Å². The van der Waals surface area contributed by atoms with Crippen LogP contribution in [0.15, 0.2) is 18.2 Å². The Balaban J connectivity index is 2.37. The third kappa shape index (κ3) is 3.17. The van der Waals surface area contributed by atoms with Crippen molar-refractivity contribution in [2.24, 2.45) is 0 Å². The Labute approximate surface area is 122 Å². The number of benzene rings is 1. The number of nitrogens with zero attached hydrogens (tertiary/aromatic N) is 2. The first kappa shape index (κ1) is 14.5. The van der Waals surface area contributed by atoms with Crippen molar-refractivity contribution >= 4 is 28.9 Å². The summed E-state index contributed by atoms with van der Waals surface area (Å²) in [5.74, 6) is 1.32. The number of hydrogen-bond acceptors (Lipinski definition) is 4. The van der Waals surface area contributed by atoms with Crippen LogP contribution in [-0.2, 0) is 6.42 Å². The van der Waals surface area contributed by atoms with Gasteiger partial charge in [0.15, 0.2) is 0 Å². The van der Waals surface area contributed by atoms with Gasteiger partial charge in [-0.05, 0) is 31.5 Å². The number of nitrogens with two attached hydrogens (primary N) is 1. The summed E-state index contributed by atoms with van der Waals surface area (Å²) in [6, 6.07) is 4.15. The number of aryl methyl sites for hydroxylation is 1. The maximum absolute atomic E-state index is 13.0. The van der Waals surface area contributed by atoms with Gasteiger partial charge in [-0.25, -0.2) is 14.4 Å². The third-order valence-corrected chi connectivity index (χ3v) is 3.20. The van der Waals surface area contributed by atoms with Crippen LogP contribution in [-0.4, -0.2) is 9.97 Å². The topological polar surface area (TPSA) is 63.8 Å². The average molecular weight is 295 g/mol. The van der Waals surface area contributed by atoms with E-state index >= 15 is 0 Å². The van der Waals surface area contributed by atoms with E-state index < -0.39 is 0 Å². The largest absolute Gasteiger partial charge is 0.383 e. The van der Waals surface area contributed by atoms with E-state index in [0.29, 0.717) is 28.2 Å². The average Bonchev–Trinajstić information content (AvgIpc) is 2.39. The summed E-state index contributed by atoms with van der Waals surface area (Å²) in [5.41, 5.74) is 7.20. The molecule has 2 rings (SSSR count). The maximum atomic E-state index is 13.0. The highest BCUT2D eigenvalue weighted by molar-refractivity contribution is 6.33. The van der Waals surface area contributed by atoms with Crippen molar-refractivity contribution in [2.75, 3.05) is 11.1 Å². The van der Waals surface area contributed by atoms with Crippen molar-refractivity contribution in [2.45, 2.75) is 26.7 Å². The van der Waals surface area contributed by atoms with Gasteiger partial charge in [0.1, 0.15) is 23.3 Å². The van der Waals surface area contributed by atoms with Crippen LogP contribution >= 0.6 is 11.6 Å². The summed E-state index contributed by atoms with van der Waals surface area (Å²) < 4.78 is 13.0. The van der Waals surface area contributed by atoms with E-state index in [1.54, 1.807) is 6.07 Å². The SMILES string of the molecule is CCCc1nc(N)c(C)c(Nc2ccc(F)cc2Cl)n1. The van der Waals surface area contributed by atoms with E-state index in [9.17, 15) is 4.39 Å². The molecule has 0 aliphatic rings. The van der Waals surface area contributed by atoms with Gasteiger partial charge in [0.25, 0.3) is 0 Å². The summed E-state index contributed by atoms with van der Waals surface area (Å²) in [5, 5.41) is 3.37. The fourth-order valence-electron chi connectivity index (χ4n) is 1.76. The van der Waals surface area contributed by atoms with Crippen LogP contribution in [0.25, 0.3) is 0 Å². The highest BCUT2D eigenvalue weighted by Gasteiger charge is 2.10. The first-order valence-corrected chi connectivity index (χ1v) is 6.74. The van der Waals surface area contributed by atoms with Gasteiger partial charge < -0.3 is 11.1 Å². The lowest BCUT2D eigenvalue weighted by Gasteiger charge is -2.13. The normalized spacial score (nSPS) is 10.6. The number of anilines is 3. The molecule has 106 valence electrons. The van der Waals surface area contributed by atoms with Gasteiger partial charge in [0, 0.05) is 12.0 Å². The highest BCUT2D eigenvalue weighted by Crippen LogP contribution is 2.28. The molecule has 0 unspecified atom stereocenters. The summed E-state index contributed by atoms with van der Waals surface area (Å²) >= 11 is 6.00. The first-order chi connectivity index (χ1) is 9.51. The second-order valence-corrected chi connectivity index (χ2v) is 4.91. The van der Waals surface area contributed by atoms with Crippen molar-refractivity contribution in [1.29, 1.82) is 0 Å². The highest BCUT2D eigenvalue weighted by atomic mass is 35.5. The monoisotopic (exact) mass is 294 g/mol. The minimum atomic E-state index is -0.383. The molecule has 6 heteroatoms. The van der Waals surface area contributed by atoms with E-state index in [2.05, 4.69) is 15.3 Å². The fraction of sp³-hybridized carbons (Fsp3) is 0.286. The van der Waals surface area contributed by atoms with Crippen molar-refractivity contribution in [3.8, 4) is 0 Å². The van der Waals surface area contributed by atoms with Crippen LogP contribution in [0.5, 0.6) is 0 Å². The van der Waals surface area contributed by atoms with Crippen LogP contribution in [0.2, 0.25) is 5.02 Å². The Kier molecular flexibility index (Phi) is 4.39. The summed E-state index contributed by atoms with van der Waals surface area (Å²) in [4.78, 5) is 8.66. The van der Waals surface area contributed by atoms with Crippen LogP contribution in [0.4, 0.5) is 21.7 Å². The zero-order chi connectivity index (χ0) is 14.7. The second kappa shape index (κ2) is 6.05. The van der Waals surface area contributed by atoms with Gasteiger partial charge in [0.05, 0.1) is 10.7 Å². The van der Waals surface area contributed by atoms with E-state index in [1.807, 2.05) is 13.8 Å². The lowest BCUT2D eigenvalue weighted by Crippen LogP contribution is -2.07. The number of nitrogen functional groups attached to an aromatic ring is 1. The molecule has 1 aromatic heterocycles. The molecule has 0 radical (unpaired) electrons. The molecule has 0 saturated heterocycles. The molecule has 0 aliphatic heterocycles. The molecule has 4 nitrogen and oxygen atoms in total. The number of hydrogen-bond donors (Lipinski definition) is 2. The molecule has 20 heavy (non-hydrogen) atoms. The van der Waals surface area contributed by atoms with Gasteiger partial charge in [-0.1, -0.05) is 18.5 Å². The fourth-order valence-corrected chi connectivity index (χ4v) is 1.97. The molecule has 1 heterocycles. The molecular weight excluding hydrogens is 279 g/mol. The Bertz CT molecular complexity index is 631. The quantitative estimate of drug-likeness (QED) is 0.899. The zero-order valence-electron chi connectivity index (χ0n) is 11.4. The molecule has 0 atom stereocenters. The molecule has 0 saturated carbocycles. The van der Waals surface area contributed by atoms with Crippen molar-refractivity contribution in [3.05, 3.63) is 40.4 Å². The van der Waals surface area contributed by atoms with E-state index in [4.69, 9.17) is 17.3 Å². The predicted octanol–water partition coefficient (Wildman–Crippen LogP) is 3.86. The Morgan fingerprint density at radius 3 is 2.75 bits per heavy atom. The summed E-state index contributed by atoms with van der Waals surface area (Å²) in [7, 11) is 0. The van der Waals surface area contributed by atoms with Gasteiger partial charge in [-0.3, -0.25) is 0 Å². The third-order valence-electron chi connectivity index (χ3n) is 2.89. The van der Waals surface area contributed by atoms with Crippen LogP contribution in [0.3, 0.4) is 0 Å². The smallest absolute Gasteiger partial charge is 0.139 e. The number of halogens is 2. The minimum absolute atomic E-state index is 0.290. The Morgan fingerprint density at radius 2 is 2.10 bits per heavy atom. The molecule has 0 bridgehead atoms. The lowest BCUT2D eigenvalue weighted by atomic mass is 10.2. The van der Waals surface area contributed by atoms with E-state index in [1.165, 1.54) is 12.1 Å². The lowest BCUT2D eigenvalue weighted by molar-refractivity contribution is 0.628. The Hall–Kier alpha value is -1.88. The van der Waals surface area contributed by atoms with Crippen LogP contribution < -0.4 is 11.1 Å².